The van der Waals surface area contributed by atoms with E-state index in [9.17, 15) is 8.42 Å². The summed E-state index contributed by atoms with van der Waals surface area (Å²) in [7, 11) is -1.93. The number of sulfonamides is 1. The lowest BCUT2D eigenvalue weighted by atomic mass is 10.2. The number of methoxy groups -OCH3 is 1. The molecule has 0 atom stereocenters. The molecule has 1 rings (SSSR count). The van der Waals surface area contributed by atoms with E-state index >= 15 is 0 Å². The van der Waals surface area contributed by atoms with Crippen LogP contribution in [0.5, 0.6) is 0 Å². The molecular formula is C14H24ClNO3S2. The summed E-state index contributed by atoms with van der Waals surface area (Å²) in [6.07, 6.45) is 1.57. The van der Waals surface area contributed by atoms with Crippen molar-refractivity contribution >= 4 is 33.0 Å². The van der Waals surface area contributed by atoms with Crippen LogP contribution in [0.4, 0.5) is 0 Å². The summed E-state index contributed by atoms with van der Waals surface area (Å²) in [6, 6.07) is 1.69. The molecule has 0 fully saturated rings. The predicted octanol–water partition coefficient (Wildman–Crippen LogP) is 3.62. The van der Waals surface area contributed by atoms with E-state index in [0.717, 1.165) is 22.6 Å². The zero-order chi connectivity index (χ0) is 16.0. The maximum atomic E-state index is 13.0. The molecule has 0 aliphatic carbocycles. The lowest BCUT2D eigenvalue weighted by Crippen LogP contribution is -2.41. The molecule has 122 valence electrons. The van der Waals surface area contributed by atoms with Crippen molar-refractivity contribution in [3.8, 4) is 0 Å². The topological polar surface area (TPSA) is 46.6 Å². The van der Waals surface area contributed by atoms with E-state index in [1.807, 2.05) is 20.8 Å². The Morgan fingerprint density at radius 1 is 1.38 bits per heavy atom. The monoisotopic (exact) mass is 353 g/mol. The fourth-order valence-corrected chi connectivity index (χ4v) is 5.80. The standard InChI is InChI=1S/C14H24ClNO3S2/c1-5-12(6-2)16(7-8-19-4)21(17,18)14-9-13(10-15)20-11(14)3/h9,12H,5-8,10H2,1-4H3. The highest BCUT2D eigenvalue weighted by Gasteiger charge is 2.31. The second-order valence-corrected chi connectivity index (χ2v) is 8.31. The van der Waals surface area contributed by atoms with Crippen LogP contribution in [0, 0.1) is 6.92 Å². The van der Waals surface area contributed by atoms with E-state index in [1.165, 1.54) is 11.3 Å². The number of alkyl halides is 1. The average Bonchev–Trinajstić information content (AvgIpc) is 2.85. The minimum absolute atomic E-state index is 0.0103. The highest BCUT2D eigenvalue weighted by molar-refractivity contribution is 7.89. The predicted molar refractivity (Wildman–Crippen MR) is 88.8 cm³/mol. The van der Waals surface area contributed by atoms with Gasteiger partial charge in [0.05, 0.1) is 17.4 Å². The number of ether oxygens (including phenoxy) is 1. The maximum Gasteiger partial charge on any atom is 0.244 e. The molecule has 0 unspecified atom stereocenters. The van der Waals surface area contributed by atoms with Gasteiger partial charge in [-0.2, -0.15) is 4.31 Å². The van der Waals surface area contributed by atoms with Gasteiger partial charge in [-0.1, -0.05) is 13.8 Å². The molecule has 0 radical (unpaired) electrons. The van der Waals surface area contributed by atoms with Crippen LogP contribution in [-0.4, -0.2) is 39.0 Å². The molecule has 0 bridgehead atoms. The van der Waals surface area contributed by atoms with Crippen molar-refractivity contribution in [1.82, 2.24) is 4.31 Å². The van der Waals surface area contributed by atoms with E-state index in [4.69, 9.17) is 16.3 Å². The summed E-state index contributed by atoms with van der Waals surface area (Å²) < 4.78 is 32.6. The Bertz CT molecular complexity index is 538. The van der Waals surface area contributed by atoms with Gasteiger partial charge in [0.15, 0.2) is 0 Å². The number of thiophene rings is 1. The van der Waals surface area contributed by atoms with Crippen molar-refractivity contribution in [3.63, 3.8) is 0 Å². The molecule has 0 saturated carbocycles. The number of hydrogen-bond donors (Lipinski definition) is 0. The molecule has 0 aromatic carbocycles. The quantitative estimate of drug-likeness (QED) is 0.637. The van der Waals surface area contributed by atoms with Crippen LogP contribution in [0.25, 0.3) is 0 Å². The SMILES string of the molecule is CCC(CC)N(CCOC)S(=O)(=O)c1cc(CCl)sc1C. The van der Waals surface area contributed by atoms with E-state index in [2.05, 4.69) is 0 Å². The molecule has 1 heterocycles. The first-order valence-electron chi connectivity index (χ1n) is 7.08. The van der Waals surface area contributed by atoms with Crippen LogP contribution in [0.1, 0.15) is 36.4 Å². The molecule has 0 amide bonds. The molecule has 1 aromatic rings. The molecule has 4 nitrogen and oxygen atoms in total. The molecular weight excluding hydrogens is 330 g/mol. The van der Waals surface area contributed by atoms with Crippen LogP contribution in [0.3, 0.4) is 0 Å². The van der Waals surface area contributed by atoms with Gasteiger partial charge in [0, 0.05) is 29.5 Å². The van der Waals surface area contributed by atoms with Crippen molar-refractivity contribution in [1.29, 1.82) is 0 Å². The smallest absolute Gasteiger partial charge is 0.244 e. The third-order valence-electron chi connectivity index (χ3n) is 3.51. The van der Waals surface area contributed by atoms with Gasteiger partial charge in [0.2, 0.25) is 10.0 Å². The Hall–Kier alpha value is -0.140. The molecule has 0 aliphatic rings. The van der Waals surface area contributed by atoms with E-state index < -0.39 is 10.0 Å². The summed E-state index contributed by atoms with van der Waals surface area (Å²) in [5.41, 5.74) is 0. The maximum absolute atomic E-state index is 13.0. The van der Waals surface area contributed by atoms with Crippen LogP contribution in [0.2, 0.25) is 0 Å². The highest BCUT2D eigenvalue weighted by Crippen LogP contribution is 2.30. The molecule has 7 heteroatoms. The Labute approximate surface area is 137 Å². The van der Waals surface area contributed by atoms with Gasteiger partial charge in [0.1, 0.15) is 0 Å². The number of rotatable bonds is 9. The Morgan fingerprint density at radius 2 is 2.00 bits per heavy atom. The Balaban J connectivity index is 3.21. The largest absolute Gasteiger partial charge is 0.383 e. The molecule has 21 heavy (non-hydrogen) atoms. The third kappa shape index (κ3) is 4.42. The van der Waals surface area contributed by atoms with Crippen LogP contribution in [-0.2, 0) is 20.6 Å². The van der Waals surface area contributed by atoms with Gasteiger partial charge in [-0.3, -0.25) is 0 Å². The van der Waals surface area contributed by atoms with Crippen molar-refractivity contribution < 1.29 is 13.2 Å². The zero-order valence-corrected chi connectivity index (χ0v) is 15.4. The van der Waals surface area contributed by atoms with Crippen molar-refractivity contribution in [3.05, 3.63) is 15.8 Å². The van der Waals surface area contributed by atoms with Gasteiger partial charge in [-0.15, -0.1) is 22.9 Å². The van der Waals surface area contributed by atoms with Gasteiger partial charge >= 0.3 is 0 Å². The van der Waals surface area contributed by atoms with Crippen molar-refractivity contribution in [2.24, 2.45) is 0 Å². The summed E-state index contributed by atoms with van der Waals surface area (Å²) in [4.78, 5) is 2.05. The van der Waals surface area contributed by atoms with Crippen LogP contribution in [0.15, 0.2) is 11.0 Å². The minimum atomic E-state index is -3.51. The summed E-state index contributed by atoms with van der Waals surface area (Å²) >= 11 is 7.26. The molecule has 1 aromatic heterocycles. The van der Waals surface area contributed by atoms with Gasteiger partial charge < -0.3 is 4.74 Å². The first-order chi connectivity index (χ1) is 9.92. The Morgan fingerprint density at radius 3 is 2.43 bits per heavy atom. The van der Waals surface area contributed by atoms with Gasteiger partial charge in [-0.25, -0.2) is 8.42 Å². The van der Waals surface area contributed by atoms with Crippen molar-refractivity contribution in [2.75, 3.05) is 20.3 Å². The highest BCUT2D eigenvalue weighted by atomic mass is 35.5. The van der Waals surface area contributed by atoms with Gasteiger partial charge in [-0.05, 0) is 25.8 Å². The fourth-order valence-electron chi connectivity index (χ4n) is 2.35. The summed E-state index contributed by atoms with van der Waals surface area (Å²) in [5, 5.41) is 0. The summed E-state index contributed by atoms with van der Waals surface area (Å²) in [5.74, 6) is 0.337. The Kier molecular flexibility index (Phi) is 7.64. The van der Waals surface area contributed by atoms with E-state index in [-0.39, 0.29) is 6.04 Å². The van der Waals surface area contributed by atoms with Crippen molar-refractivity contribution in [2.45, 2.75) is 50.4 Å². The summed E-state index contributed by atoms with van der Waals surface area (Å²) in [6.45, 7) is 6.61. The second kappa shape index (κ2) is 8.48. The minimum Gasteiger partial charge on any atom is -0.383 e. The number of aryl methyl sites for hydroxylation is 1. The lowest BCUT2D eigenvalue weighted by molar-refractivity contribution is 0.163. The molecule has 0 saturated heterocycles. The fraction of sp³-hybridized carbons (Fsp3) is 0.714. The lowest BCUT2D eigenvalue weighted by Gasteiger charge is -2.29. The molecule has 0 N–H and O–H groups in total. The number of halogens is 1. The number of nitrogens with zero attached hydrogens (tertiary/aromatic N) is 1. The van der Waals surface area contributed by atoms with Crippen LogP contribution < -0.4 is 0 Å². The van der Waals surface area contributed by atoms with E-state index in [1.54, 1.807) is 17.5 Å². The first-order valence-corrected chi connectivity index (χ1v) is 9.87. The number of hydrogen-bond acceptors (Lipinski definition) is 4. The normalized spacial score (nSPS) is 12.5. The average molecular weight is 354 g/mol. The van der Waals surface area contributed by atoms with E-state index in [0.29, 0.717) is 23.9 Å². The molecule has 0 aliphatic heterocycles. The second-order valence-electron chi connectivity index (χ2n) is 4.85. The first kappa shape index (κ1) is 18.9. The van der Waals surface area contributed by atoms with Crippen LogP contribution >= 0.6 is 22.9 Å². The molecule has 0 spiro atoms. The van der Waals surface area contributed by atoms with Gasteiger partial charge in [0.25, 0.3) is 0 Å². The zero-order valence-electron chi connectivity index (χ0n) is 13.1. The third-order valence-corrected chi connectivity index (χ3v) is 7.21.